The molecule has 0 aliphatic heterocycles. The average molecular weight is 270 g/mol. The molecular formula is C16H14O4. The molecule has 0 saturated heterocycles. The lowest BCUT2D eigenvalue weighted by molar-refractivity contribution is 0.102. The third kappa shape index (κ3) is 2.54. The van der Waals surface area contributed by atoms with E-state index in [0.717, 1.165) is 0 Å². The minimum atomic E-state index is -0.228. The van der Waals surface area contributed by atoms with Gasteiger partial charge in [-0.25, -0.2) is 0 Å². The van der Waals surface area contributed by atoms with Crippen LogP contribution in [-0.4, -0.2) is 26.3 Å². The van der Waals surface area contributed by atoms with Crippen LogP contribution in [0.25, 0.3) is 0 Å². The average Bonchev–Trinajstić information content (AvgIpc) is 2.53. The van der Waals surface area contributed by atoms with Crippen LogP contribution in [0.3, 0.4) is 0 Å². The van der Waals surface area contributed by atoms with Crippen LogP contribution in [0.15, 0.2) is 42.5 Å². The van der Waals surface area contributed by atoms with Gasteiger partial charge in [0.2, 0.25) is 0 Å². The van der Waals surface area contributed by atoms with Crippen LogP contribution in [0.5, 0.6) is 11.5 Å². The molecule has 2 aromatic rings. The van der Waals surface area contributed by atoms with Crippen molar-refractivity contribution >= 4 is 12.1 Å². The van der Waals surface area contributed by atoms with Gasteiger partial charge >= 0.3 is 0 Å². The fraction of sp³-hybridized carbons (Fsp3) is 0.125. The van der Waals surface area contributed by atoms with Gasteiger partial charge in [0.25, 0.3) is 0 Å². The van der Waals surface area contributed by atoms with Crippen LogP contribution in [0.2, 0.25) is 0 Å². The summed E-state index contributed by atoms with van der Waals surface area (Å²) in [6, 6.07) is 11.6. The molecule has 0 aliphatic carbocycles. The first-order valence-electron chi connectivity index (χ1n) is 6.02. The maximum atomic E-state index is 12.4. The molecule has 4 heteroatoms. The van der Waals surface area contributed by atoms with Gasteiger partial charge in [0.15, 0.2) is 23.6 Å². The Kier molecular flexibility index (Phi) is 4.15. The zero-order valence-electron chi connectivity index (χ0n) is 11.3. The number of benzene rings is 2. The second-order valence-electron chi connectivity index (χ2n) is 4.10. The molecule has 20 heavy (non-hydrogen) atoms. The molecule has 0 aromatic heterocycles. The number of ether oxygens (including phenoxy) is 2. The molecule has 102 valence electrons. The third-order valence-electron chi connectivity index (χ3n) is 2.98. The standard InChI is InChI=1S/C16H14O4/c1-19-14-8-7-11(9-15(14)20-2)16(18)13-6-4-3-5-12(13)10-17/h3-10H,1-2H3. The van der Waals surface area contributed by atoms with E-state index >= 15 is 0 Å². The van der Waals surface area contributed by atoms with Crippen molar-refractivity contribution in [2.75, 3.05) is 14.2 Å². The fourth-order valence-corrected chi connectivity index (χ4v) is 1.94. The summed E-state index contributed by atoms with van der Waals surface area (Å²) in [4.78, 5) is 23.4. The lowest BCUT2D eigenvalue weighted by atomic mass is 9.99. The van der Waals surface area contributed by atoms with Crippen molar-refractivity contribution in [3.63, 3.8) is 0 Å². The van der Waals surface area contributed by atoms with Gasteiger partial charge in [0, 0.05) is 16.7 Å². The Labute approximate surface area is 116 Å². The van der Waals surface area contributed by atoms with Gasteiger partial charge in [0.05, 0.1) is 14.2 Å². The number of ketones is 1. The summed E-state index contributed by atoms with van der Waals surface area (Å²) >= 11 is 0. The Bertz CT molecular complexity index is 647. The van der Waals surface area contributed by atoms with Crippen LogP contribution in [0.4, 0.5) is 0 Å². The molecule has 0 N–H and O–H groups in total. The minimum Gasteiger partial charge on any atom is -0.493 e. The van der Waals surface area contributed by atoms with Gasteiger partial charge in [-0.05, 0) is 18.2 Å². The number of hydrogen-bond acceptors (Lipinski definition) is 4. The lowest BCUT2D eigenvalue weighted by Crippen LogP contribution is -2.05. The number of aldehydes is 1. The summed E-state index contributed by atoms with van der Waals surface area (Å²) < 4.78 is 10.3. The molecule has 0 unspecified atom stereocenters. The van der Waals surface area contributed by atoms with Crippen molar-refractivity contribution in [2.24, 2.45) is 0 Å². The van der Waals surface area contributed by atoms with E-state index in [1.165, 1.54) is 14.2 Å². The maximum Gasteiger partial charge on any atom is 0.193 e. The van der Waals surface area contributed by atoms with E-state index in [1.807, 2.05) is 0 Å². The molecule has 0 atom stereocenters. The molecule has 4 nitrogen and oxygen atoms in total. The summed E-state index contributed by atoms with van der Waals surface area (Å²) in [7, 11) is 3.03. The third-order valence-corrected chi connectivity index (χ3v) is 2.98. The van der Waals surface area contributed by atoms with Crippen molar-refractivity contribution in [3.8, 4) is 11.5 Å². The monoisotopic (exact) mass is 270 g/mol. The van der Waals surface area contributed by atoms with E-state index in [1.54, 1.807) is 42.5 Å². The predicted molar refractivity (Wildman–Crippen MR) is 74.8 cm³/mol. The first-order valence-corrected chi connectivity index (χ1v) is 6.02. The van der Waals surface area contributed by atoms with Crippen LogP contribution in [-0.2, 0) is 0 Å². The smallest absolute Gasteiger partial charge is 0.193 e. The summed E-state index contributed by atoms with van der Waals surface area (Å²) in [6.07, 6.45) is 0.675. The molecule has 0 amide bonds. The summed E-state index contributed by atoms with van der Waals surface area (Å²) in [5.74, 6) is 0.795. The Morgan fingerprint density at radius 1 is 1.00 bits per heavy atom. The van der Waals surface area contributed by atoms with Crippen molar-refractivity contribution in [3.05, 3.63) is 59.2 Å². The summed E-state index contributed by atoms with van der Waals surface area (Å²) in [5, 5.41) is 0. The number of hydrogen-bond donors (Lipinski definition) is 0. The second-order valence-corrected chi connectivity index (χ2v) is 4.10. The highest BCUT2D eigenvalue weighted by Crippen LogP contribution is 2.28. The minimum absolute atomic E-state index is 0.228. The molecule has 2 rings (SSSR count). The van der Waals surface area contributed by atoms with Crippen LogP contribution >= 0.6 is 0 Å². The molecule has 0 aliphatic rings. The van der Waals surface area contributed by atoms with E-state index in [-0.39, 0.29) is 5.78 Å². The van der Waals surface area contributed by atoms with Crippen molar-refractivity contribution in [2.45, 2.75) is 0 Å². The molecule has 0 saturated carbocycles. The first kappa shape index (κ1) is 13.8. The van der Waals surface area contributed by atoms with Gasteiger partial charge in [-0.3, -0.25) is 9.59 Å². The SMILES string of the molecule is COc1ccc(C(=O)c2ccccc2C=O)cc1OC. The Morgan fingerprint density at radius 2 is 1.70 bits per heavy atom. The maximum absolute atomic E-state index is 12.4. The van der Waals surface area contributed by atoms with Gasteiger partial charge in [0.1, 0.15) is 0 Å². The van der Waals surface area contributed by atoms with Crippen LogP contribution < -0.4 is 9.47 Å². The molecule has 0 spiro atoms. The fourth-order valence-electron chi connectivity index (χ4n) is 1.94. The molecule has 2 aromatic carbocycles. The van der Waals surface area contributed by atoms with E-state index < -0.39 is 0 Å². The van der Waals surface area contributed by atoms with E-state index in [2.05, 4.69) is 0 Å². The lowest BCUT2D eigenvalue weighted by Gasteiger charge is -2.09. The molecule has 0 bridgehead atoms. The van der Waals surface area contributed by atoms with E-state index in [9.17, 15) is 9.59 Å². The van der Waals surface area contributed by atoms with Gasteiger partial charge in [-0.15, -0.1) is 0 Å². The molecule has 0 radical (unpaired) electrons. The van der Waals surface area contributed by atoms with Crippen molar-refractivity contribution < 1.29 is 19.1 Å². The largest absolute Gasteiger partial charge is 0.493 e. The normalized spacial score (nSPS) is 9.90. The number of rotatable bonds is 5. The van der Waals surface area contributed by atoms with Crippen molar-refractivity contribution in [1.82, 2.24) is 0 Å². The Hall–Kier alpha value is -2.62. The topological polar surface area (TPSA) is 52.6 Å². The zero-order chi connectivity index (χ0) is 14.5. The highest BCUT2D eigenvalue weighted by molar-refractivity contribution is 6.13. The zero-order valence-corrected chi connectivity index (χ0v) is 11.3. The molecular weight excluding hydrogens is 256 g/mol. The van der Waals surface area contributed by atoms with Gasteiger partial charge < -0.3 is 9.47 Å². The van der Waals surface area contributed by atoms with Gasteiger partial charge in [-0.1, -0.05) is 24.3 Å². The number of carbonyl (C=O) groups excluding carboxylic acids is 2. The van der Waals surface area contributed by atoms with Gasteiger partial charge in [-0.2, -0.15) is 0 Å². The molecule has 0 heterocycles. The predicted octanol–water partition coefficient (Wildman–Crippen LogP) is 2.75. The van der Waals surface area contributed by atoms with Crippen molar-refractivity contribution in [1.29, 1.82) is 0 Å². The number of methoxy groups -OCH3 is 2. The Morgan fingerprint density at radius 3 is 2.35 bits per heavy atom. The summed E-state index contributed by atoms with van der Waals surface area (Å²) in [6.45, 7) is 0. The quantitative estimate of drug-likeness (QED) is 0.619. The van der Waals surface area contributed by atoms with E-state index in [4.69, 9.17) is 9.47 Å². The summed E-state index contributed by atoms with van der Waals surface area (Å²) in [5.41, 5.74) is 1.18. The highest BCUT2D eigenvalue weighted by atomic mass is 16.5. The van der Waals surface area contributed by atoms with Crippen LogP contribution in [0, 0.1) is 0 Å². The Balaban J connectivity index is 2.46. The molecule has 0 fully saturated rings. The second kappa shape index (κ2) is 6.02. The first-order chi connectivity index (χ1) is 9.71. The van der Waals surface area contributed by atoms with Crippen LogP contribution in [0.1, 0.15) is 26.3 Å². The van der Waals surface area contributed by atoms with E-state index in [0.29, 0.717) is 34.5 Å². The number of carbonyl (C=O) groups is 2. The highest BCUT2D eigenvalue weighted by Gasteiger charge is 2.15.